The zero-order valence-electron chi connectivity index (χ0n) is 11.7. The van der Waals surface area contributed by atoms with Crippen LogP contribution in [0.2, 0.25) is 0 Å². The van der Waals surface area contributed by atoms with Crippen LogP contribution in [0.25, 0.3) is 0 Å². The highest BCUT2D eigenvalue weighted by molar-refractivity contribution is 7.12. The number of rotatable bonds is 7. The molecule has 1 aromatic heterocycles. The molecular weight excluding hydrogens is 258 g/mol. The first-order chi connectivity index (χ1) is 9.24. The maximum absolute atomic E-state index is 9.19. The zero-order chi connectivity index (χ0) is 14.1. The van der Waals surface area contributed by atoms with Crippen molar-refractivity contribution in [1.82, 2.24) is 4.90 Å². The molecule has 1 rings (SSSR count). The number of thiophene rings is 1. The number of nitrogens with zero attached hydrogens (tertiary/aromatic N) is 1. The maximum atomic E-state index is 9.19. The summed E-state index contributed by atoms with van der Waals surface area (Å²) in [5, 5.41) is 17.9. The van der Waals surface area contributed by atoms with Gasteiger partial charge in [-0.15, -0.1) is 11.3 Å². The number of aliphatic hydroxyl groups excluding tert-OH is 2. The lowest BCUT2D eigenvalue weighted by atomic mass is 10.1. The summed E-state index contributed by atoms with van der Waals surface area (Å²) in [6, 6.07) is 4.59. The standard InChI is InChI=1S/C15H23NO2S/c1-3-13(4-2)16(9-11-18)12-15-8-7-14(19-15)6-5-10-17/h7-8,13,17-18H,3-4,9-12H2,1-2H3. The Hall–Kier alpha value is -0.860. The molecule has 0 unspecified atom stereocenters. The van der Waals surface area contributed by atoms with Crippen LogP contribution in [0.4, 0.5) is 0 Å². The molecule has 0 spiro atoms. The molecule has 0 atom stereocenters. The van der Waals surface area contributed by atoms with E-state index in [9.17, 15) is 5.11 Å². The molecule has 0 radical (unpaired) electrons. The molecule has 0 saturated heterocycles. The third-order valence-electron chi connectivity index (χ3n) is 3.16. The Morgan fingerprint density at radius 3 is 2.58 bits per heavy atom. The van der Waals surface area contributed by atoms with Crippen molar-refractivity contribution in [2.45, 2.75) is 39.3 Å². The van der Waals surface area contributed by atoms with Crippen LogP contribution in [0.1, 0.15) is 36.4 Å². The van der Waals surface area contributed by atoms with E-state index in [4.69, 9.17) is 5.11 Å². The molecule has 19 heavy (non-hydrogen) atoms. The first-order valence-corrected chi connectivity index (χ1v) is 7.60. The molecule has 0 saturated carbocycles. The summed E-state index contributed by atoms with van der Waals surface area (Å²) < 4.78 is 0. The van der Waals surface area contributed by atoms with Gasteiger partial charge in [-0.2, -0.15) is 0 Å². The summed E-state index contributed by atoms with van der Waals surface area (Å²) in [6.07, 6.45) is 2.19. The quantitative estimate of drug-likeness (QED) is 0.752. The van der Waals surface area contributed by atoms with Crippen LogP contribution in [0, 0.1) is 11.8 Å². The van der Waals surface area contributed by atoms with Crippen LogP contribution < -0.4 is 0 Å². The monoisotopic (exact) mass is 281 g/mol. The van der Waals surface area contributed by atoms with Crippen molar-refractivity contribution in [2.75, 3.05) is 19.8 Å². The Bertz CT molecular complexity index is 415. The van der Waals surface area contributed by atoms with Crippen molar-refractivity contribution >= 4 is 11.3 Å². The van der Waals surface area contributed by atoms with E-state index in [-0.39, 0.29) is 13.2 Å². The van der Waals surface area contributed by atoms with Crippen LogP contribution >= 0.6 is 11.3 Å². The van der Waals surface area contributed by atoms with E-state index in [1.54, 1.807) is 11.3 Å². The van der Waals surface area contributed by atoms with Gasteiger partial charge in [-0.05, 0) is 25.0 Å². The maximum Gasteiger partial charge on any atom is 0.104 e. The van der Waals surface area contributed by atoms with E-state index in [1.807, 2.05) is 6.07 Å². The first-order valence-electron chi connectivity index (χ1n) is 6.78. The highest BCUT2D eigenvalue weighted by atomic mass is 32.1. The first kappa shape index (κ1) is 16.2. The fourth-order valence-corrected chi connectivity index (χ4v) is 3.09. The minimum Gasteiger partial charge on any atom is -0.395 e. The molecular formula is C15H23NO2S. The van der Waals surface area contributed by atoms with E-state index in [1.165, 1.54) is 4.88 Å². The molecule has 0 fully saturated rings. The van der Waals surface area contributed by atoms with Crippen LogP contribution in [0.3, 0.4) is 0 Å². The molecule has 2 N–H and O–H groups in total. The van der Waals surface area contributed by atoms with Gasteiger partial charge in [0.1, 0.15) is 6.61 Å². The van der Waals surface area contributed by atoms with Crippen molar-refractivity contribution in [3.05, 3.63) is 21.9 Å². The van der Waals surface area contributed by atoms with Gasteiger partial charge in [0, 0.05) is 24.0 Å². The second-order valence-corrected chi connectivity index (χ2v) is 5.56. The Balaban J connectivity index is 2.70. The predicted molar refractivity (Wildman–Crippen MR) is 80.1 cm³/mol. The minimum atomic E-state index is -0.0996. The average molecular weight is 281 g/mol. The van der Waals surface area contributed by atoms with Gasteiger partial charge in [0.15, 0.2) is 0 Å². The summed E-state index contributed by atoms with van der Waals surface area (Å²) in [6.45, 7) is 6.03. The van der Waals surface area contributed by atoms with Crippen LogP contribution in [0.15, 0.2) is 12.1 Å². The Morgan fingerprint density at radius 2 is 2.00 bits per heavy atom. The Morgan fingerprint density at radius 1 is 1.26 bits per heavy atom. The van der Waals surface area contributed by atoms with Crippen molar-refractivity contribution < 1.29 is 10.2 Å². The molecule has 0 aromatic carbocycles. The Labute approximate surface area is 119 Å². The fourth-order valence-electron chi connectivity index (χ4n) is 2.18. The third-order valence-corrected chi connectivity index (χ3v) is 4.14. The molecule has 106 valence electrons. The highest BCUT2D eigenvalue weighted by Crippen LogP contribution is 2.20. The van der Waals surface area contributed by atoms with Crippen LogP contribution in [-0.2, 0) is 6.54 Å². The SMILES string of the molecule is CCC(CC)N(CCO)Cc1ccc(C#CCO)s1. The van der Waals surface area contributed by atoms with Crippen molar-refractivity contribution in [1.29, 1.82) is 0 Å². The van der Waals surface area contributed by atoms with Gasteiger partial charge in [0.05, 0.1) is 11.5 Å². The smallest absolute Gasteiger partial charge is 0.104 e. The summed E-state index contributed by atoms with van der Waals surface area (Å²) >= 11 is 1.66. The van der Waals surface area contributed by atoms with Gasteiger partial charge in [-0.1, -0.05) is 25.7 Å². The lowest BCUT2D eigenvalue weighted by Gasteiger charge is -2.29. The third kappa shape index (κ3) is 5.33. The summed E-state index contributed by atoms with van der Waals surface area (Å²) in [5.41, 5.74) is 0. The van der Waals surface area contributed by atoms with Gasteiger partial charge in [-0.3, -0.25) is 4.90 Å². The van der Waals surface area contributed by atoms with Crippen LogP contribution in [-0.4, -0.2) is 40.9 Å². The van der Waals surface area contributed by atoms with Crippen LogP contribution in [0.5, 0.6) is 0 Å². The van der Waals surface area contributed by atoms with E-state index >= 15 is 0 Å². The lowest BCUT2D eigenvalue weighted by Crippen LogP contribution is -2.35. The summed E-state index contributed by atoms with van der Waals surface area (Å²) in [5.74, 6) is 5.59. The Kier molecular flexibility index (Phi) is 7.76. The summed E-state index contributed by atoms with van der Waals surface area (Å²) in [7, 11) is 0. The average Bonchev–Trinajstić information content (AvgIpc) is 2.85. The molecule has 0 aliphatic heterocycles. The van der Waals surface area contributed by atoms with E-state index in [0.717, 1.165) is 24.3 Å². The second kappa shape index (κ2) is 9.11. The minimum absolute atomic E-state index is 0.0996. The molecule has 0 aliphatic rings. The van der Waals surface area contributed by atoms with Crippen molar-refractivity contribution in [3.8, 4) is 11.8 Å². The van der Waals surface area contributed by atoms with E-state index in [0.29, 0.717) is 12.6 Å². The predicted octanol–water partition coefficient (Wildman–Crippen LogP) is 2.07. The van der Waals surface area contributed by atoms with E-state index in [2.05, 4.69) is 36.7 Å². The number of aliphatic hydroxyl groups is 2. The number of hydrogen-bond acceptors (Lipinski definition) is 4. The molecule has 1 heterocycles. The molecule has 0 aliphatic carbocycles. The highest BCUT2D eigenvalue weighted by Gasteiger charge is 2.15. The molecule has 0 amide bonds. The molecule has 3 nitrogen and oxygen atoms in total. The largest absolute Gasteiger partial charge is 0.395 e. The molecule has 4 heteroatoms. The van der Waals surface area contributed by atoms with Crippen molar-refractivity contribution in [2.24, 2.45) is 0 Å². The zero-order valence-corrected chi connectivity index (χ0v) is 12.5. The van der Waals surface area contributed by atoms with E-state index < -0.39 is 0 Å². The van der Waals surface area contributed by atoms with Gasteiger partial charge < -0.3 is 10.2 Å². The second-order valence-electron chi connectivity index (χ2n) is 4.39. The van der Waals surface area contributed by atoms with Gasteiger partial charge in [0.2, 0.25) is 0 Å². The van der Waals surface area contributed by atoms with Gasteiger partial charge >= 0.3 is 0 Å². The lowest BCUT2D eigenvalue weighted by molar-refractivity contribution is 0.138. The summed E-state index contributed by atoms with van der Waals surface area (Å²) in [4.78, 5) is 4.56. The van der Waals surface area contributed by atoms with Gasteiger partial charge in [-0.25, -0.2) is 0 Å². The normalized spacial score (nSPS) is 10.8. The van der Waals surface area contributed by atoms with Crippen molar-refractivity contribution in [3.63, 3.8) is 0 Å². The molecule has 1 aromatic rings. The number of hydrogen-bond donors (Lipinski definition) is 2. The fraction of sp³-hybridized carbons (Fsp3) is 0.600. The van der Waals surface area contributed by atoms with Gasteiger partial charge in [0.25, 0.3) is 0 Å². The topological polar surface area (TPSA) is 43.7 Å². The molecule has 0 bridgehead atoms.